The largest absolute Gasteiger partial charge is 0.493 e. The van der Waals surface area contributed by atoms with Crippen molar-refractivity contribution >= 4 is 5.69 Å². The van der Waals surface area contributed by atoms with E-state index >= 15 is 0 Å². The molecule has 19 heavy (non-hydrogen) atoms. The molecule has 0 saturated carbocycles. The summed E-state index contributed by atoms with van der Waals surface area (Å²) >= 11 is 0. The van der Waals surface area contributed by atoms with Crippen LogP contribution in [0.1, 0.15) is 12.0 Å². The maximum absolute atomic E-state index is 9.52. The smallest absolute Gasteiger partial charge is 0.126 e. The first kappa shape index (κ1) is 12.7. The Morgan fingerprint density at radius 1 is 1.37 bits per heavy atom. The van der Waals surface area contributed by atoms with Crippen LogP contribution in [0.2, 0.25) is 0 Å². The van der Waals surface area contributed by atoms with Crippen LogP contribution in [0.4, 0.5) is 5.69 Å². The van der Waals surface area contributed by atoms with Gasteiger partial charge in [-0.3, -0.25) is 0 Å². The zero-order valence-corrected chi connectivity index (χ0v) is 11.1. The van der Waals surface area contributed by atoms with Crippen LogP contribution in [0.15, 0.2) is 18.2 Å². The second-order valence-electron chi connectivity index (χ2n) is 5.33. The number of anilines is 1. The number of nitrogens with one attached hydrogen (secondary N) is 1. The van der Waals surface area contributed by atoms with Crippen molar-refractivity contribution in [1.82, 2.24) is 5.32 Å². The lowest BCUT2D eigenvalue weighted by atomic mass is 9.86. The Morgan fingerprint density at radius 2 is 2.16 bits per heavy atom. The molecule has 1 atom stereocenters. The second kappa shape index (κ2) is 5.00. The third-order valence-electron chi connectivity index (χ3n) is 4.07. The topological polar surface area (TPSA) is 70.8 Å². The van der Waals surface area contributed by atoms with E-state index in [1.807, 2.05) is 6.07 Å². The number of hydrogen-bond acceptors (Lipinski definition) is 5. The van der Waals surface area contributed by atoms with Gasteiger partial charge < -0.3 is 25.8 Å². The van der Waals surface area contributed by atoms with Crippen LogP contribution in [0.3, 0.4) is 0 Å². The number of aliphatic hydroxyl groups is 1. The minimum atomic E-state index is -0.657. The Morgan fingerprint density at radius 3 is 2.89 bits per heavy atom. The van der Waals surface area contributed by atoms with Crippen LogP contribution in [0.5, 0.6) is 5.75 Å². The molecule has 1 fully saturated rings. The summed E-state index contributed by atoms with van der Waals surface area (Å²) in [5, 5.41) is 12.9. The van der Waals surface area contributed by atoms with Gasteiger partial charge >= 0.3 is 0 Å². The molecule has 2 aliphatic heterocycles. The molecule has 2 heterocycles. The summed E-state index contributed by atoms with van der Waals surface area (Å²) < 4.78 is 5.72. The molecule has 0 spiro atoms. The summed E-state index contributed by atoms with van der Waals surface area (Å²) in [5.41, 5.74) is 7.67. The van der Waals surface area contributed by atoms with Gasteiger partial charge in [0.2, 0.25) is 0 Å². The molecule has 0 bridgehead atoms. The quantitative estimate of drug-likeness (QED) is 0.702. The maximum Gasteiger partial charge on any atom is 0.126 e. The van der Waals surface area contributed by atoms with Crippen molar-refractivity contribution in [2.45, 2.75) is 12.0 Å². The molecule has 5 heteroatoms. The Bertz CT molecular complexity index is 460. The van der Waals surface area contributed by atoms with E-state index in [1.165, 1.54) is 5.69 Å². The van der Waals surface area contributed by atoms with E-state index in [-0.39, 0.29) is 6.61 Å². The number of rotatable bonds is 2. The lowest BCUT2D eigenvalue weighted by Crippen LogP contribution is -2.45. The summed E-state index contributed by atoms with van der Waals surface area (Å²) in [4.78, 5) is 2.34. The van der Waals surface area contributed by atoms with Crippen molar-refractivity contribution in [2.24, 2.45) is 5.73 Å². The van der Waals surface area contributed by atoms with Crippen molar-refractivity contribution < 1.29 is 9.84 Å². The Balaban J connectivity index is 1.91. The standard InChI is InChI=1S/C14H21N3O2/c15-14(10-18)3-8-19-13-9-11(1-2-12(13)14)17-6-4-16-5-7-17/h1-2,9,16,18H,3-8,10,15H2/t14-/m0/s1. The Labute approximate surface area is 113 Å². The molecule has 1 aromatic rings. The predicted molar refractivity (Wildman–Crippen MR) is 74.6 cm³/mol. The minimum absolute atomic E-state index is 0.0453. The number of piperazine rings is 1. The number of hydrogen-bond donors (Lipinski definition) is 3. The first-order valence-corrected chi connectivity index (χ1v) is 6.86. The fourth-order valence-electron chi connectivity index (χ4n) is 2.80. The third-order valence-corrected chi connectivity index (χ3v) is 4.07. The summed E-state index contributed by atoms with van der Waals surface area (Å²) in [6, 6.07) is 6.13. The monoisotopic (exact) mass is 263 g/mol. The van der Waals surface area contributed by atoms with Gasteiger partial charge in [-0.2, -0.15) is 0 Å². The molecule has 0 aliphatic carbocycles. The highest BCUT2D eigenvalue weighted by molar-refractivity contribution is 5.56. The van der Waals surface area contributed by atoms with Crippen LogP contribution in [0.25, 0.3) is 0 Å². The Kier molecular flexibility index (Phi) is 3.35. The molecule has 3 rings (SSSR count). The van der Waals surface area contributed by atoms with Crippen molar-refractivity contribution in [3.05, 3.63) is 23.8 Å². The van der Waals surface area contributed by atoms with Gasteiger partial charge in [-0.15, -0.1) is 0 Å². The molecule has 0 unspecified atom stereocenters. The van der Waals surface area contributed by atoms with Crippen molar-refractivity contribution in [3.63, 3.8) is 0 Å². The van der Waals surface area contributed by atoms with Crippen LogP contribution in [-0.2, 0) is 5.54 Å². The predicted octanol–water partition coefficient (Wildman–Crippen LogP) is 0.0250. The van der Waals surface area contributed by atoms with Crippen LogP contribution >= 0.6 is 0 Å². The van der Waals surface area contributed by atoms with Gasteiger partial charge in [0.15, 0.2) is 0 Å². The van der Waals surface area contributed by atoms with Crippen molar-refractivity contribution in [2.75, 3.05) is 44.3 Å². The van der Waals surface area contributed by atoms with E-state index in [9.17, 15) is 5.11 Å². The normalized spacial score (nSPS) is 26.7. The number of nitrogens with two attached hydrogens (primary N) is 1. The van der Waals surface area contributed by atoms with Crippen LogP contribution in [-0.4, -0.2) is 44.5 Å². The summed E-state index contributed by atoms with van der Waals surface area (Å²) in [6.45, 7) is 4.55. The van der Waals surface area contributed by atoms with Gasteiger partial charge in [0.05, 0.1) is 18.8 Å². The first-order valence-electron chi connectivity index (χ1n) is 6.86. The van der Waals surface area contributed by atoms with Gasteiger partial charge in [-0.05, 0) is 6.07 Å². The molecular formula is C14H21N3O2. The fraction of sp³-hybridized carbons (Fsp3) is 0.571. The maximum atomic E-state index is 9.52. The minimum Gasteiger partial charge on any atom is -0.493 e. The zero-order chi connectivity index (χ0) is 13.3. The molecule has 104 valence electrons. The van der Waals surface area contributed by atoms with E-state index in [4.69, 9.17) is 10.5 Å². The Hall–Kier alpha value is -1.30. The van der Waals surface area contributed by atoms with Crippen molar-refractivity contribution in [3.8, 4) is 5.75 Å². The SMILES string of the molecule is N[C@]1(CO)CCOc2cc(N3CCNCC3)ccc21. The lowest BCUT2D eigenvalue weighted by molar-refractivity contribution is 0.138. The highest BCUT2D eigenvalue weighted by atomic mass is 16.5. The van der Waals surface area contributed by atoms with E-state index < -0.39 is 5.54 Å². The van der Waals surface area contributed by atoms with E-state index in [1.54, 1.807) is 0 Å². The van der Waals surface area contributed by atoms with Gasteiger partial charge in [-0.25, -0.2) is 0 Å². The molecule has 4 N–H and O–H groups in total. The third kappa shape index (κ3) is 2.29. The number of nitrogens with zero attached hydrogens (tertiary/aromatic N) is 1. The average Bonchev–Trinajstić information content (AvgIpc) is 2.48. The zero-order valence-electron chi connectivity index (χ0n) is 11.1. The van der Waals surface area contributed by atoms with Gasteiger partial charge in [0.25, 0.3) is 0 Å². The van der Waals surface area contributed by atoms with E-state index in [0.29, 0.717) is 13.0 Å². The van der Waals surface area contributed by atoms with Gasteiger partial charge in [0.1, 0.15) is 5.75 Å². The fourth-order valence-corrected chi connectivity index (χ4v) is 2.80. The van der Waals surface area contributed by atoms with E-state index in [0.717, 1.165) is 37.5 Å². The second-order valence-corrected chi connectivity index (χ2v) is 5.33. The number of benzene rings is 1. The molecule has 1 aromatic carbocycles. The average molecular weight is 263 g/mol. The molecule has 0 aromatic heterocycles. The van der Waals surface area contributed by atoms with Crippen LogP contribution in [0, 0.1) is 0 Å². The summed E-state index contributed by atoms with van der Waals surface area (Å²) in [7, 11) is 0. The van der Waals surface area contributed by atoms with Crippen LogP contribution < -0.4 is 20.7 Å². The molecule has 1 saturated heterocycles. The summed E-state index contributed by atoms with van der Waals surface area (Å²) in [5.74, 6) is 0.818. The molecule has 0 amide bonds. The van der Waals surface area contributed by atoms with E-state index in [2.05, 4.69) is 22.3 Å². The first-order chi connectivity index (χ1) is 9.23. The molecular weight excluding hydrogens is 242 g/mol. The number of fused-ring (bicyclic) bond motifs is 1. The highest BCUT2D eigenvalue weighted by Crippen LogP contribution is 2.37. The number of ether oxygens (including phenoxy) is 1. The van der Waals surface area contributed by atoms with Gasteiger partial charge in [0, 0.05) is 49.9 Å². The van der Waals surface area contributed by atoms with Gasteiger partial charge in [-0.1, -0.05) is 6.07 Å². The number of aliphatic hydroxyl groups excluding tert-OH is 1. The summed E-state index contributed by atoms with van der Waals surface area (Å²) in [6.07, 6.45) is 0.656. The lowest BCUT2D eigenvalue weighted by Gasteiger charge is -2.35. The highest BCUT2D eigenvalue weighted by Gasteiger charge is 2.33. The molecule has 5 nitrogen and oxygen atoms in total. The van der Waals surface area contributed by atoms with Crippen molar-refractivity contribution in [1.29, 1.82) is 0 Å². The molecule has 2 aliphatic rings. The molecule has 0 radical (unpaired) electrons.